The highest BCUT2D eigenvalue weighted by atomic mass is 32.2. The van der Waals surface area contributed by atoms with Gasteiger partial charge in [-0.3, -0.25) is 4.79 Å². The molecule has 2 aromatic heterocycles. The molecule has 2 heterocycles. The van der Waals surface area contributed by atoms with Crippen molar-refractivity contribution < 1.29 is 9.53 Å². The van der Waals surface area contributed by atoms with Gasteiger partial charge in [-0.15, -0.1) is 11.3 Å². The first-order valence-corrected chi connectivity index (χ1v) is 9.50. The highest BCUT2D eigenvalue weighted by Gasteiger charge is 2.16. The number of hydrogen-bond donors (Lipinski definition) is 1. The molecular formula is C18H19N3O2S2. The van der Waals surface area contributed by atoms with Gasteiger partial charge in [-0.1, -0.05) is 23.9 Å². The second-order valence-corrected chi connectivity index (χ2v) is 7.72. The van der Waals surface area contributed by atoms with Crippen LogP contribution in [0.5, 0.6) is 0 Å². The van der Waals surface area contributed by atoms with E-state index in [1.54, 1.807) is 24.8 Å². The van der Waals surface area contributed by atoms with Crippen molar-refractivity contribution in [1.82, 2.24) is 15.3 Å². The van der Waals surface area contributed by atoms with Crippen LogP contribution in [0.25, 0.3) is 10.2 Å². The molecule has 0 aliphatic rings. The quantitative estimate of drug-likeness (QED) is 0.525. The van der Waals surface area contributed by atoms with Crippen LogP contribution in [0.15, 0.2) is 40.5 Å². The Balaban J connectivity index is 1.93. The molecular weight excluding hydrogens is 354 g/mol. The highest BCUT2D eigenvalue weighted by molar-refractivity contribution is 7.99. The number of fused-ring (bicyclic) bond motifs is 1. The summed E-state index contributed by atoms with van der Waals surface area (Å²) in [4.78, 5) is 24.4. The Morgan fingerprint density at radius 2 is 2.08 bits per heavy atom. The van der Waals surface area contributed by atoms with Crippen molar-refractivity contribution in [1.29, 1.82) is 0 Å². The van der Waals surface area contributed by atoms with Crippen molar-refractivity contribution in [3.63, 3.8) is 0 Å². The van der Waals surface area contributed by atoms with Crippen LogP contribution in [0.3, 0.4) is 0 Å². The van der Waals surface area contributed by atoms with Crippen LogP contribution in [-0.2, 0) is 4.74 Å². The van der Waals surface area contributed by atoms with Gasteiger partial charge in [-0.05, 0) is 31.5 Å². The molecule has 0 spiro atoms. The zero-order valence-corrected chi connectivity index (χ0v) is 16.0. The Morgan fingerprint density at radius 1 is 1.28 bits per heavy atom. The fourth-order valence-electron chi connectivity index (χ4n) is 2.44. The Hall–Kier alpha value is -1.96. The second-order valence-electron chi connectivity index (χ2n) is 5.49. The average Bonchev–Trinajstić information content (AvgIpc) is 2.91. The summed E-state index contributed by atoms with van der Waals surface area (Å²) in [5.41, 5.74) is 1.84. The third-order valence-electron chi connectivity index (χ3n) is 3.86. The predicted octanol–water partition coefficient (Wildman–Crippen LogP) is 3.84. The van der Waals surface area contributed by atoms with E-state index in [2.05, 4.69) is 29.1 Å². The molecule has 25 heavy (non-hydrogen) atoms. The highest BCUT2D eigenvalue weighted by Crippen LogP contribution is 2.38. The van der Waals surface area contributed by atoms with Crippen LogP contribution in [0.4, 0.5) is 0 Å². The van der Waals surface area contributed by atoms with Crippen LogP contribution in [0.1, 0.15) is 20.8 Å². The SMILES string of the molecule is COCCNC(=O)c1ccccc1Sc1ncnc2sc(C)c(C)c12. The third kappa shape index (κ3) is 3.84. The van der Waals surface area contributed by atoms with Crippen molar-refractivity contribution in [2.45, 2.75) is 23.8 Å². The summed E-state index contributed by atoms with van der Waals surface area (Å²) in [6.45, 7) is 5.15. The van der Waals surface area contributed by atoms with E-state index in [9.17, 15) is 4.79 Å². The zero-order chi connectivity index (χ0) is 17.8. The van der Waals surface area contributed by atoms with Crippen molar-refractivity contribution >= 4 is 39.2 Å². The van der Waals surface area contributed by atoms with Crippen LogP contribution in [0.2, 0.25) is 0 Å². The number of amides is 1. The number of rotatable bonds is 6. The van der Waals surface area contributed by atoms with Gasteiger partial charge in [0.25, 0.3) is 5.91 Å². The number of carbonyl (C=O) groups excluding carboxylic acids is 1. The first kappa shape index (κ1) is 17.8. The smallest absolute Gasteiger partial charge is 0.252 e. The van der Waals surface area contributed by atoms with Gasteiger partial charge < -0.3 is 10.1 Å². The molecule has 0 bridgehead atoms. The topological polar surface area (TPSA) is 64.1 Å². The van der Waals surface area contributed by atoms with Gasteiger partial charge in [0, 0.05) is 28.8 Å². The summed E-state index contributed by atoms with van der Waals surface area (Å²) in [6, 6.07) is 7.57. The van der Waals surface area contributed by atoms with Crippen molar-refractivity contribution in [3.05, 3.63) is 46.6 Å². The third-order valence-corrected chi connectivity index (χ3v) is 6.05. The maximum atomic E-state index is 12.5. The fourth-order valence-corrected chi connectivity index (χ4v) is 4.58. The molecule has 0 saturated carbocycles. The lowest BCUT2D eigenvalue weighted by Crippen LogP contribution is -2.27. The summed E-state index contributed by atoms with van der Waals surface area (Å²) in [7, 11) is 1.61. The van der Waals surface area contributed by atoms with Crippen LogP contribution in [-0.4, -0.2) is 36.1 Å². The van der Waals surface area contributed by atoms with Crippen molar-refractivity contribution in [2.75, 3.05) is 20.3 Å². The van der Waals surface area contributed by atoms with Crippen LogP contribution in [0, 0.1) is 13.8 Å². The molecule has 0 unspecified atom stereocenters. The van der Waals surface area contributed by atoms with E-state index in [4.69, 9.17) is 4.74 Å². The summed E-state index contributed by atoms with van der Waals surface area (Å²) in [6.07, 6.45) is 1.58. The van der Waals surface area contributed by atoms with Crippen molar-refractivity contribution in [3.8, 4) is 0 Å². The lowest BCUT2D eigenvalue weighted by molar-refractivity contribution is 0.0934. The fraction of sp³-hybridized carbons (Fsp3) is 0.278. The van der Waals surface area contributed by atoms with Gasteiger partial charge in [0.15, 0.2) is 0 Å². The van der Waals surface area contributed by atoms with Gasteiger partial charge in [-0.25, -0.2) is 9.97 Å². The van der Waals surface area contributed by atoms with Gasteiger partial charge in [0.05, 0.1) is 12.2 Å². The monoisotopic (exact) mass is 373 g/mol. The summed E-state index contributed by atoms with van der Waals surface area (Å²) in [5, 5.41) is 4.82. The summed E-state index contributed by atoms with van der Waals surface area (Å²) in [5.74, 6) is -0.108. The number of benzene rings is 1. The van der Waals surface area contributed by atoms with Crippen LogP contribution < -0.4 is 5.32 Å². The number of nitrogens with one attached hydrogen (secondary N) is 1. The number of nitrogens with zero attached hydrogens (tertiary/aromatic N) is 2. The zero-order valence-electron chi connectivity index (χ0n) is 14.3. The average molecular weight is 374 g/mol. The number of hydrogen-bond acceptors (Lipinski definition) is 6. The molecule has 1 amide bonds. The maximum Gasteiger partial charge on any atom is 0.252 e. The van der Waals surface area contributed by atoms with E-state index < -0.39 is 0 Å². The van der Waals surface area contributed by atoms with Gasteiger partial charge in [-0.2, -0.15) is 0 Å². The van der Waals surface area contributed by atoms with E-state index >= 15 is 0 Å². The molecule has 3 rings (SSSR count). The minimum atomic E-state index is -0.108. The molecule has 5 nitrogen and oxygen atoms in total. The molecule has 1 aromatic carbocycles. The number of carbonyl (C=O) groups is 1. The second kappa shape index (κ2) is 7.95. The molecule has 0 saturated heterocycles. The number of aryl methyl sites for hydroxylation is 2. The van der Waals surface area contributed by atoms with E-state index in [0.717, 1.165) is 20.1 Å². The number of aromatic nitrogens is 2. The minimum Gasteiger partial charge on any atom is -0.383 e. The van der Waals surface area contributed by atoms with E-state index in [1.165, 1.54) is 22.2 Å². The molecule has 1 N–H and O–H groups in total. The molecule has 7 heteroatoms. The maximum absolute atomic E-state index is 12.5. The molecule has 0 radical (unpaired) electrons. The van der Waals surface area contributed by atoms with E-state index in [1.807, 2.05) is 24.3 Å². The van der Waals surface area contributed by atoms with Gasteiger partial charge in [0.2, 0.25) is 0 Å². The molecule has 130 valence electrons. The Labute approximate surface area is 154 Å². The van der Waals surface area contributed by atoms with E-state index in [0.29, 0.717) is 18.7 Å². The number of ether oxygens (including phenoxy) is 1. The van der Waals surface area contributed by atoms with Gasteiger partial charge >= 0.3 is 0 Å². The van der Waals surface area contributed by atoms with Crippen molar-refractivity contribution in [2.24, 2.45) is 0 Å². The summed E-state index contributed by atoms with van der Waals surface area (Å²) < 4.78 is 4.98. The Bertz CT molecular complexity index is 908. The molecule has 0 aliphatic carbocycles. The predicted molar refractivity (Wildman–Crippen MR) is 102 cm³/mol. The normalized spacial score (nSPS) is 11.0. The first-order valence-electron chi connectivity index (χ1n) is 7.86. The van der Waals surface area contributed by atoms with Gasteiger partial charge in [0.1, 0.15) is 16.2 Å². The molecule has 0 aliphatic heterocycles. The van der Waals surface area contributed by atoms with E-state index in [-0.39, 0.29) is 5.91 Å². The molecule has 0 atom stereocenters. The standard InChI is InChI=1S/C18H19N3O2S2/c1-11-12(2)24-17-15(11)18(21-10-20-17)25-14-7-5-4-6-13(14)16(22)19-8-9-23-3/h4-7,10H,8-9H2,1-3H3,(H,19,22). The van der Waals surface area contributed by atoms with Crippen LogP contribution >= 0.6 is 23.1 Å². The lowest BCUT2D eigenvalue weighted by Gasteiger charge is -2.10. The summed E-state index contributed by atoms with van der Waals surface area (Å²) >= 11 is 3.17. The first-order chi connectivity index (χ1) is 12.1. The molecule has 3 aromatic rings. The Kier molecular flexibility index (Phi) is 5.67. The number of methoxy groups -OCH3 is 1. The largest absolute Gasteiger partial charge is 0.383 e. The number of thiophene rings is 1. The Morgan fingerprint density at radius 3 is 2.88 bits per heavy atom. The lowest BCUT2D eigenvalue weighted by atomic mass is 10.2. The minimum absolute atomic E-state index is 0.108. The molecule has 0 fully saturated rings.